The van der Waals surface area contributed by atoms with Gasteiger partial charge in [-0.2, -0.15) is 4.98 Å². The second kappa shape index (κ2) is 6.25. The fourth-order valence-electron chi connectivity index (χ4n) is 3.58. The van der Waals surface area contributed by atoms with Gasteiger partial charge >= 0.3 is 0 Å². The van der Waals surface area contributed by atoms with Crippen molar-refractivity contribution in [1.29, 1.82) is 0 Å². The minimum absolute atomic E-state index is 0.00159. The fourth-order valence-corrected chi connectivity index (χ4v) is 3.58. The Balaban J connectivity index is 1.85. The Bertz CT molecular complexity index is 760. The molecule has 1 aliphatic rings. The van der Waals surface area contributed by atoms with Crippen LogP contribution < -0.4 is 0 Å². The van der Waals surface area contributed by atoms with E-state index in [2.05, 4.69) is 15.3 Å². The van der Waals surface area contributed by atoms with Crippen molar-refractivity contribution < 1.29 is 18.6 Å². The van der Waals surface area contributed by atoms with Crippen molar-refractivity contribution in [3.05, 3.63) is 28.7 Å². The lowest BCUT2D eigenvalue weighted by Crippen LogP contribution is -2.51. The molecule has 0 aromatic carbocycles. The number of nitrogens with zero attached hydrogens (tertiary/aromatic N) is 4. The van der Waals surface area contributed by atoms with Crippen LogP contribution in [0.5, 0.6) is 0 Å². The van der Waals surface area contributed by atoms with Gasteiger partial charge in [0.1, 0.15) is 5.76 Å². The van der Waals surface area contributed by atoms with Crippen LogP contribution in [0.2, 0.25) is 0 Å². The van der Waals surface area contributed by atoms with E-state index in [0.29, 0.717) is 30.6 Å². The number of aryl methyl sites for hydroxylation is 3. The van der Waals surface area contributed by atoms with Crippen molar-refractivity contribution in [2.24, 2.45) is 0 Å². The molecule has 2 aromatic heterocycles. The van der Waals surface area contributed by atoms with Gasteiger partial charge in [-0.1, -0.05) is 10.3 Å². The van der Waals surface area contributed by atoms with Gasteiger partial charge in [-0.3, -0.25) is 4.79 Å². The molecule has 3 heterocycles. The number of hydrogen-bond donors (Lipinski definition) is 0. The minimum Gasteiger partial charge on any atom is -0.362 e. The molecule has 0 bridgehead atoms. The van der Waals surface area contributed by atoms with Crippen LogP contribution in [-0.2, 0) is 14.9 Å². The highest BCUT2D eigenvalue weighted by Crippen LogP contribution is 2.33. The van der Waals surface area contributed by atoms with Gasteiger partial charge in [-0.05, 0) is 41.5 Å². The molecule has 0 N–H and O–H groups in total. The highest BCUT2D eigenvalue weighted by Gasteiger charge is 2.42. The number of aromatic nitrogens is 3. The molecule has 1 fully saturated rings. The molecular formula is C17H24N4O4. The first-order valence-electron chi connectivity index (χ1n) is 8.38. The van der Waals surface area contributed by atoms with E-state index in [1.54, 1.807) is 11.8 Å². The number of hydrogen-bond acceptors (Lipinski definition) is 7. The average Bonchev–Trinajstić information content (AvgIpc) is 3.12. The summed E-state index contributed by atoms with van der Waals surface area (Å²) in [4.78, 5) is 19.3. The van der Waals surface area contributed by atoms with Gasteiger partial charge in [0.2, 0.25) is 5.91 Å². The van der Waals surface area contributed by atoms with E-state index in [-0.39, 0.29) is 12.0 Å². The van der Waals surface area contributed by atoms with Crippen LogP contribution >= 0.6 is 0 Å². The molecule has 0 aliphatic carbocycles. The van der Waals surface area contributed by atoms with Gasteiger partial charge in [0.05, 0.1) is 23.8 Å². The summed E-state index contributed by atoms with van der Waals surface area (Å²) in [7, 11) is 0. The van der Waals surface area contributed by atoms with E-state index in [9.17, 15) is 4.79 Å². The maximum atomic E-state index is 13.3. The molecule has 1 amide bonds. The lowest BCUT2D eigenvalue weighted by Gasteiger charge is -2.39. The monoisotopic (exact) mass is 348 g/mol. The summed E-state index contributed by atoms with van der Waals surface area (Å²) >= 11 is 0. The quantitative estimate of drug-likeness (QED) is 0.839. The predicted octanol–water partition coefficient (Wildman–Crippen LogP) is 2.25. The van der Waals surface area contributed by atoms with Crippen LogP contribution in [0.25, 0.3) is 0 Å². The van der Waals surface area contributed by atoms with Gasteiger partial charge < -0.3 is 18.7 Å². The Morgan fingerprint density at radius 2 is 1.88 bits per heavy atom. The first-order valence-corrected chi connectivity index (χ1v) is 8.38. The largest absolute Gasteiger partial charge is 0.362 e. The molecule has 2 aromatic rings. The van der Waals surface area contributed by atoms with Crippen molar-refractivity contribution in [2.45, 2.75) is 59.2 Å². The van der Waals surface area contributed by atoms with Gasteiger partial charge in [-0.15, -0.1) is 0 Å². The Morgan fingerprint density at radius 3 is 2.44 bits per heavy atom. The zero-order chi connectivity index (χ0) is 18.4. The minimum atomic E-state index is -0.749. The molecule has 0 saturated carbocycles. The topological polar surface area (TPSA) is 94.5 Å². The summed E-state index contributed by atoms with van der Waals surface area (Å²) in [6.07, 6.45) is -0.551. The predicted molar refractivity (Wildman–Crippen MR) is 87.9 cm³/mol. The Morgan fingerprint density at radius 1 is 1.16 bits per heavy atom. The number of carbonyl (C=O) groups excluding carboxylic acids is 1. The van der Waals surface area contributed by atoms with Crippen molar-refractivity contribution in [2.75, 3.05) is 13.1 Å². The molecule has 0 spiro atoms. The van der Waals surface area contributed by atoms with Crippen LogP contribution in [0, 0.1) is 20.8 Å². The van der Waals surface area contributed by atoms with Crippen LogP contribution in [0.1, 0.15) is 55.6 Å². The Hall–Kier alpha value is -2.22. The SMILES string of the molecule is Cc1noc([C@H]2CN(C(=O)C(C)(C)c3c(C)noc3C)C[C@@H](C)O2)n1. The van der Waals surface area contributed by atoms with E-state index in [4.69, 9.17) is 13.8 Å². The number of ether oxygens (including phenoxy) is 1. The maximum absolute atomic E-state index is 13.3. The highest BCUT2D eigenvalue weighted by molar-refractivity contribution is 5.88. The standard InChI is InChI=1S/C17H24N4O4/c1-9-7-21(8-13(23-9)15-18-12(4)20-25-15)16(22)17(5,6)14-10(2)19-24-11(14)3/h9,13H,7-8H2,1-6H3/t9-,13-/m1/s1. The van der Waals surface area contributed by atoms with E-state index < -0.39 is 11.5 Å². The molecule has 8 heteroatoms. The third-order valence-corrected chi connectivity index (χ3v) is 4.56. The molecule has 3 rings (SSSR count). The number of morpholine rings is 1. The second-order valence-electron chi connectivity index (χ2n) is 7.15. The van der Waals surface area contributed by atoms with Crippen molar-refractivity contribution in [1.82, 2.24) is 20.2 Å². The molecule has 1 saturated heterocycles. The van der Waals surface area contributed by atoms with Crippen LogP contribution in [0.3, 0.4) is 0 Å². The average molecular weight is 348 g/mol. The summed E-state index contributed by atoms with van der Waals surface area (Å²) in [6, 6.07) is 0. The van der Waals surface area contributed by atoms with Crippen LogP contribution in [-0.4, -0.2) is 45.3 Å². The molecule has 25 heavy (non-hydrogen) atoms. The first-order chi connectivity index (χ1) is 11.7. The van der Waals surface area contributed by atoms with Crippen molar-refractivity contribution in [3.8, 4) is 0 Å². The molecule has 1 aliphatic heterocycles. The molecule has 2 atom stereocenters. The third-order valence-electron chi connectivity index (χ3n) is 4.56. The first kappa shape index (κ1) is 17.6. The van der Waals surface area contributed by atoms with Gasteiger partial charge in [-0.25, -0.2) is 0 Å². The fraction of sp³-hybridized carbons (Fsp3) is 0.647. The smallest absolute Gasteiger partial charge is 0.257 e. The molecule has 8 nitrogen and oxygen atoms in total. The van der Waals surface area contributed by atoms with E-state index >= 15 is 0 Å². The summed E-state index contributed by atoms with van der Waals surface area (Å²) < 4.78 is 16.4. The highest BCUT2D eigenvalue weighted by atomic mass is 16.5. The zero-order valence-corrected chi connectivity index (χ0v) is 15.5. The summed E-state index contributed by atoms with van der Waals surface area (Å²) in [6.45, 7) is 12.0. The maximum Gasteiger partial charge on any atom is 0.257 e. The zero-order valence-electron chi connectivity index (χ0n) is 15.5. The number of amides is 1. The lowest BCUT2D eigenvalue weighted by molar-refractivity contribution is -0.151. The summed E-state index contributed by atoms with van der Waals surface area (Å²) in [5, 5.41) is 7.80. The molecule has 0 unspecified atom stereocenters. The normalized spacial score (nSPS) is 21.6. The van der Waals surface area contributed by atoms with Crippen molar-refractivity contribution in [3.63, 3.8) is 0 Å². The summed E-state index contributed by atoms with van der Waals surface area (Å²) in [5.41, 5.74) is 0.823. The second-order valence-corrected chi connectivity index (χ2v) is 7.15. The summed E-state index contributed by atoms with van der Waals surface area (Å²) in [5.74, 6) is 1.61. The van der Waals surface area contributed by atoms with E-state index in [1.807, 2.05) is 34.6 Å². The van der Waals surface area contributed by atoms with Crippen LogP contribution in [0.4, 0.5) is 0 Å². The Labute approximate surface area is 146 Å². The number of rotatable bonds is 3. The third kappa shape index (κ3) is 3.18. The van der Waals surface area contributed by atoms with E-state index in [1.165, 1.54) is 0 Å². The number of carbonyl (C=O) groups is 1. The lowest BCUT2D eigenvalue weighted by atomic mass is 9.81. The van der Waals surface area contributed by atoms with Gasteiger partial charge in [0.15, 0.2) is 11.9 Å². The van der Waals surface area contributed by atoms with E-state index in [0.717, 1.165) is 11.3 Å². The van der Waals surface area contributed by atoms with Crippen molar-refractivity contribution >= 4 is 5.91 Å². The Kier molecular flexibility index (Phi) is 4.40. The molecular weight excluding hydrogens is 324 g/mol. The molecule has 136 valence electrons. The van der Waals surface area contributed by atoms with Crippen LogP contribution in [0.15, 0.2) is 9.05 Å². The van der Waals surface area contributed by atoms with Gasteiger partial charge in [0.25, 0.3) is 5.89 Å². The molecule has 0 radical (unpaired) electrons. The van der Waals surface area contributed by atoms with Gasteiger partial charge in [0, 0.05) is 12.1 Å².